The molecule has 0 bridgehead atoms. The maximum absolute atomic E-state index is 9.93. The van der Waals surface area contributed by atoms with Crippen molar-refractivity contribution in [2.24, 2.45) is 0 Å². The first-order chi connectivity index (χ1) is 11.5. The first-order valence-electron chi connectivity index (χ1n) is 7.37. The van der Waals surface area contributed by atoms with E-state index in [9.17, 15) is 10.2 Å². The van der Waals surface area contributed by atoms with E-state index in [2.05, 4.69) is 44.5 Å². The van der Waals surface area contributed by atoms with Gasteiger partial charge in [0, 0.05) is 16.1 Å². The van der Waals surface area contributed by atoms with Crippen molar-refractivity contribution in [3.8, 4) is 0 Å². The van der Waals surface area contributed by atoms with E-state index >= 15 is 0 Å². The van der Waals surface area contributed by atoms with Crippen LogP contribution in [0.15, 0.2) is 11.4 Å². The molecule has 2 aromatic heterocycles. The zero-order chi connectivity index (χ0) is 17.3. The van der Waals surface area contributed by atoms with Gasteiger partial charge in [0.2, 0.25) is 5.95 Å². The minimum atomic E-state index is -0.717. The summed E-state index contributed by atoms with van der Waals surface area (Å²) in [6.07, 6.45) is 0.233. The molecule has 0 aromatic carbocycles. The summed E-state index contributed by atoms with van der Waals surface area (Å²) in [5, 5.41) is 20.4. The highest BCUT2D eigenvalue weighted by molar-refractivity contribution is 14.1. The highest BCUT2D eigenvalue weighted by Crippen LogP contribution is 2.38. The minimum absolute atomic E-state index is 0.173. The highest BCUT2D eigenvalue weighted by atomic mass is 127. The molecule has 0 amide bonds. The summed E-state index contributed by atoms with van der Waals surface area (Å²) >= 11 is 2.35. The Morgan fingerprint density at radius 1 is 1.54 bits per heavy atom. The van der Waals surface area contributed by atoms with E-state index in [0.29, 0.717) is 22.8 Å². The molecule has 132 valence electrons. The van der Waals surface area contributed by atoms with E-state index in [1.165, 1.54) is 10.8 Å². The zero-order valence-corrected chi connectivity index (χ0v) is 16.7. The third-order valence-electron chi connectivity index (χ3n) is 3.61. The smallest absolute Gasteiger partial charge is 0.223 e. The van der Waals surface area contributed by atoms with Crippen molar-refractivity contribution in [1.29, 1.82) is 0 Å². The molecule has 8 nitrogen and oxygen atoms in total. The lowest BCUT2D eigenvalue weighted by Gasteiger charge is -2.14. The number of imidazole rings is 1. The van der Waals surface area contributed by atoms with E-state index < -0.39 is 18.4 Å². The average Bonchev–Trinajstić information content (AvgIpc) is 3.15. The molecular formula is C13H18IN5O3S2. The lowest BCUT2D eigenvalue weighted by atomic mass is 10.2. The van der Waals surface area contributed by atoms with Gasteiger partial charge in [0.1, 0.15) is 22.9 Å². The number of hydrogen-bond acceptors (Lipinski definition) is 9. The van der Waals surface area contributed by atoms with Crippen LogP contribution < -0.4 is 5.73 Å². The molecule has 2 aromatic rings. The second kappa shape index (κ2) is 7.91. The quantitative estimate of drug-likeness (QED) is 0.244. The van der Waals surface area contributed by atoms with Crippen molar-refractivity contribution in [3.05, 3.63) is 6.33 Å². The number of nitrogens with two attached hydrogens (primary N) is 1. The van der Waals surface area contributed by atoms with E-state index in [4.69, 9.17) is 10.5 Å². The van der Waals surface area contributed by atoms with E-state index in [0.717, 1.165) is 9.45 Å². The Balaban J connectivity index is 1.90. The van der Waals surface area contributed by atoms with Crippen LogP contribution in [-0.2, 0) is 4.74 Å². The number of fused-ring (bicyclic) bond motifs is 1. The van der Waals surface area contributed by atoms with Crippen molar-refractivity contribution >= 4 is 61.3 Å². The monoisotopic (exact) mass is 483 g/mol. The molecular weight excluding hydrogens is 465 g/mol. The normalized spacial score (nSPS) is 25.4. The van der Waals surface area contributed by atoms with Crippen LogP contribution in [-0.4, -0.2) is 58.2 Å². The number of ether oxygens (including phenoxy) is 1. The lowest BCUT2D eigenvalue weighted by molar-refractivity contribution is -0.0432. The number of nitrogens with zero attached hydrogens (tertiary/aromatic N) is 4. The summed E-state index contributed by atoms with van der Waals surface area (Å²) in [6, 6.07) is 0. The van der Waals surface area contributed by atoms with Gasteiger partial charge in [-0.15, -0.1) is 0 Å². The van der Waals surface area contributed by atoms with Gasteiger partial charge < -0.3 is 20.7 Å². The first kappa shape index (κ1) is 18.5. The SMILES string of the molecule is CC(CI)SSc1nc(N)nc2c1ncn2C1C[C@H](O)[C@@H](CO)O1. The Morgan fingerprint density at radius 2 is 2.33 bits per heavy atom. The third kappa shape index (κ3) is 3.75. The Kier molecular flexibility index (Phi) is 6.08. The number of aliphatic hydroxyl groups excluding tert-OH is 2. The summed E-state index contributed by atoms with van der Waals surface area (Å²) in [4.78, 5) is 13.0. The molecule has 11 heteroatoms. The molecule has 3 heterocycles. The zero-order valence-electron chi connectivity index (χ0n) is 12.9. The Morgan fingerprint density at radius 3 is 3.00 bits per heavy atom. The number of anilines is 1. The van der Waals surface area contributed by atoms with Gasteiger partial charge in [-0.25, -0.2) is 9.97 Å². The van der Waals surface area contributed by atoms with Crippen LogP contribution in [0.2, 0.25) is 0 Å². The third-order valence-corrected chi connectivity index (χ3v) is 8.31. The van der Waals surface area contributed by atoms with Crippen molar-refractivity contribution in [2.45, 2.75) is 42.1 Å². The first-order valence-corrected chi connectivity index (χ1v) is 11.1. The maximum atomic E-state index is 9.93. The summed E-state index contributed by atoms with van der Waals surface area (Å²) in [5.41, 5.74) is 7.09. The van der Waals surface area contributed by atoms with Gasteiger partial charge in [-0.2, -0.15) is 4.98 Å². The maximum Gasteiger partial charge on any atom is 0.223 e. The fourth-order valence-electron chi connectivity index (χ4n) is 2.38. The summed E-state index contributed by atoms with van der Waals surface area (Å²) in [6.45, 7) is 1.92. The second-order valence-corrected chi connectivity index (χ2v) is 8.98. The number of alkyl halides is 1. The molecule has 1 saturated heterocycles. The number of hydrogen-bond donors (Lipinski definition) is 3. The number of aliphatic hydroxyl groups is 2. The molecule has 1 fully saturated rings. The molecule has 24 heavy (non-hydrogen) atoms. The van der Waals surface area contributed by atoms with Crippen molar-refractivity contribution in [3.63, 3.8) is 0 Å². The molecule has 0 saturated carbocycles. The number of nitrogen functional groups attached to an aromatic ring is 1. The largest absolute Gasteiger partial charge is 0.394 e. The molecule has 3 rings (SSSR count). The van der Waals surface area contributed by atoms with Crippen LogP contribution in [0, 0.1) is 0 Å². The average molecular weight is 483 g/mol. The standard InChI is InChI=1S/C13H18IN5O3S2/c1-6(3-14)23-24-12-10-11(17-13(15)18-12)19(5-16-10)9-2-7(21)8(4-20)22-9/h5-9,20-21H,2-4H2,1H3,(H2,15,17,18)/t6?,7-,8+,9?/m0/s1. The van der Waals surface area contributed by atoms with Crippen LogP contribution in [0.3, 0.4) is 0 Å². The van der Waals surface area contributed by atoms with Gasteiger partial charge in [0.05, 0.1) is 19.0 Å². The summed E-state index contributed by atoms with van der Waals surface area (Å²) < 4.78 is 8.45. The van der Waals surface area contributed by atoms with Gasteiger partial charge >= 0.3 is 0 Å². The molecule has 1 aliphatic rings. The topological polar surface area (TPSA) is 119 Å². The van der Waals surface area contributed by atoms with E-state index in [-0.39, 0.29) is 12.6 Å². The van der Waals surface area contributed by atoms with Gasteiger partial charge in [0.15, 0.2) is 5.65 Å². The van der Waals surface area contributed by atoms with Gasteiger partial charge in [-0.3, -0.25) is 4.57 Å². The van der Waals surface area contributed by atoms with Crippen LogP contribution in [0.5, 0.6) is 0 Å². The predicted octanol–water partition coefficient (Wildman–Crippen LogP) is 1.61. The van der Waals surface area contributed by atoms with Gasteiger partial charge in [0.25, 0.3) is 0 Å². The molecule has 4 atom stereocenters. The van der Waals surface area contributed by atoms with Gasteiger partial charge in [-0.1, -0.05) is 40.3 Å². The lowest BCUT2D eigenvalue weighted by Crippen LogP contribution is -2.24. The summed E-state index contributed by atoms with van der Waals surface area (Å²) in [5.74, 6) is 0.173. The fraction of sp³-hybridized carbons (Fsp3) is 0.615. The van der Waals surface area contributed by atoms with E-state index in [1.807, 2.05) is 0 Å². The number of aromatic nitrogens is 4. The van der Waals surface area contributed by atoms with Crippen LogP contribution in [0.25, 0.3) is 11.2 Å². The minimum Gasteiger partial charge on any atom is -0.394 e. The highest BCUT2D eigenvalue weighted by Gasteiger charge is 2.35. The molecule has 1 aliphatic heterocycles. The molecule has 0 aliphatic carbocycles. The van der Waals surface area contributed by atoms with Crippen LogP contribution in [0.4, 0.5) is 5.95 Å². The molecule has 4 N–H and O–H groups in total. The van der Waals surface area contributed by atoms with Crippen molar-refractivity contribution in [1.82, 2.24) is 19.5 Å². The van der Waals surface area contributed by atoms with Crippen LogP contribution in [0.1, 0.15) is 19.6 Å². The molecule has 0 radical (unpaired) electrons. The Bertz CT molecular complexity index is 718. The van der Waals surface area contributed by atoms with E-state index in [1.54, 1.807) is 21.7 Å². The Labute approximate surface area is 160 Å². The second-order valence-electron chi connectivity index (χ2n) is 5.47. The van der Waals surface area contributed by atoms with Crippen molar-refractivity contribution in [2.75, 3.05) is 16.8 Å². The predicted molar refractivity (Wildman–Crippen MR) is 103 cm³/mol. The fourth-order valence-corrected chi connectivity index (χ4v) is 5.63. The molecule has 0 spiro atoms. The van der Waals surface area contributed by atoms with Crippen molar-refractivity contribution < 1.29 is 14.9 Å². The number of halogens is 1. The van der Waals surface area contributed by atoms with Crippen LogP contribution >= 0.6 is 44.2 Å². The number of rotatable bonds is 6. The van der Waals surface area contributed by atoms with Gasteiger partial charge in [-0.05, 0) is 10.8 Å². The summed E-state index contributed by atoms with van der Waals surface area (Å²) in [7, 11) is 3.24. The Hall–Kier alpha value is -0.340. The molecule has 2 unspecified atom stereocenters.